The summed E-state index contributed by atoms with van der Waals surface area (Å²) in [5.74, 6) is 0. The second-order valence-electron chi connectivity index (χ2n) is 4.47. The fourth-order valence-electron chi connectivity index (χ4n) is 2.31. The molecule has 3 aromatic carbocycles. The van der Waals surface area contributed by atoms with Gasteiger partial charge >= 0.3 is 147 Å². The Labute approximate surface area is 185 Å². The molecule has 0 heterocycles. The molecule has 0 fully saturated rings. The van der Waals surface area contributed by atoms with Gasteiger partial charge in [-0.2, -0.15) is 0 Å². The van der Waals surface area contributed by atoms with Crippen LogP contribution in [0.25, 0.3) is 0 Å². The number of hydrogen-bond acceptors (Lipinski definition) is 2. The normalized spacial score (nSPS) is 8.92. The summed E-state index contributed by atoms with van der Waals surface area (Å²) in [5.41, 5.74) is 0. The molecule has 24 heavy (non-hydrogen) atoms. The van der Waals surface area contributed by atoms with E-state index in [2.05, 4.69) is 140 Å². The van der Waals surface area contributed by atoms with Gasteiger partial charge in [0, 0.05) is 17.1 Å². The first kappa shape index (κ1) is 24.5. The van der Waals surface area contributed by atoms with Gasteiger partial charge in [0.15, 0.2) is 0 Å². The van der Waals surface area contributed by atoms with Crippen LogP contribution in [0.2, 0.25) is 0 Å². The predicted octanol–water partition coefficient (Wildman–Crippen LogP) is 2.88. The Morgan fingerprint density at radius 1 is 0.542 bits per heavy atom. The second-order valence-corrected chi connectivity index (χ2v) is 11.6. The van der Waals surface area contributed by atoms with E-state index in [0.29, 0.717) is 0 Å². The van der Waals surface area contributed by atoms with Crippen LogP contribution in [0.3, 0.4) is 0 Å². The first-order chi connectivity index (χ1) is 11.4. The van der Waals surface area contributed by atoms with Gasteiger partial charge in [-0.3, -0.25) is 0 Å². The van der Waals surface area contributed by atoms with E-state index in [1.807, 2.05) is 0 Å². The Morgan fingerprint density at radius 3 is 0.958 bits per heavy atom. The maximum atomic E-state index is 4.20. The van der Waals surface area contributed by atoms with Crippen LogP contribution in [0.4, 0.5) is 0 Å². The Morgan fingerprint density at radius 2 is 0.750 bits per heavy atom. The molecule has 0 atom stereocenters. The van der Waals surface area contributed by atoms with Crippen molar-refractivity contribution in [1.29, 1.82) is 0 Å². The summed E-state index contributed by atoms with van der Waals surface area (Å²) in [5, 5.41) is 0. The van der Waals surface area contributed by atoms with Crippen LogP contribution in [0.15, 0.2) is 91.0 Å². The molecule has 0 N–H and O–H groups in total. The molecule has 0 spiro atoms. The van der Waals surface area contributed by atoms with Gasteiger partial charge in [-0.25, -0.2) is 0 Å². The molecule has 0 aliphatic heterocycles. The van der Waals surface area contributed by atoms with Gasteiger partial charge < -0.3 is 23.3 Å². The minimum absolute atomic E-state index is 0. The van der Waals surface area contributed by atoms with Crippen molar-refractivity contribution in [1.82, 2.24) is 0 Å². The molecule has 0 unspecified atom stereocenters. The molecule has 0 aromatic heterocycles. The van der Waals surface area contributed by atoms with E-state index in [1.54, 1.807) is 0 Å². The summed E-state index contributed by atoms with van der Waals surface area (Å²) in [6, 6.07) is 32.9. The standard InChI is InChI=1S/3C6H5.ClH.2Cu.S2.Sn/c3*1-2-4-6-5-3-1;;;;1-2;/h3*1-5H;1H;;;;/q;;;;;+1;-2;/p-1. The fourth-order valence-corrected chi connectivity index (χ4v) is 9.67. The number of benzene rings is 3. The van der Waals surface area contributed by atoms with Crippen molar-refractivity contribution in [3.05, 3.63) is 91.0 Å². The zero-order valence-electron chi connectivity index (χ0n) is 12.5. The van der Waals surface area contributed by atoms with Crippen molar-refractivity contribution in [2.75, 3.05) is 0 Å². The van der Waals surface area contributed by atoms with Crippen molar-refractivity contribution in [2.45, 2.75) is 0 Å². The Bertz CT molecular complexity index is 549. The average Bonchev–Trinajstić information content (AvgIpc) is 2.68. The predicted molar refractivity (Wildman–Crippen MR) is 105 cm³/mol. The molecule has 0 nitrogen and oxygen atoms in total. The van der Waals surface area contributed by atoms with Crippen molar-refractivity contribution in [3.8, 4) is 0 Å². The van der Waals surface area contributed by atoms with Gasteiger partial charge in [-0.05, 0) is 0 Å². The van der Waals surface area contributed by atoms with Gasteiger partial charge in [0.05, 0.1) is 0 Å². The maximum absolute atomic E-state index is 4.20. The van der Waals surface area contributed by atoms with Crippen LogP contribution < -0.4 is 10.7 Å². The molecule has 6 heteroatoms. The Hall–Kier alpha value is 0.488. The zero-order valence-corrected chi connectivity index (χ0v) is 19.6. The minimum atomic E-state index is -1.98. The van der Waals surface area contributed by atoms with Gasteiger partial charge in [0.25, 0.3) is 0 Å². The molecule has 0 aliphatic rings. The van der Waals surface area contributed by atoms with Crippen LogP contribution in [0.1, 0.15) is 0 Å². The van der Waals surface area contributed by atoms with E-state index < -0.39 is 19.8 Å². The monoisotopic (exact) mass is 576 g/mol. The summed E-state index contributed by atoms with van der Waals surface area (Å²) < 4.78 is 4.59. The summed E-state index contributed by atoms with van der Waals surface area (Å²) >= 11 is 9.01. The molecule has 3 rings (SSSR count). The van der Waals surface area contributed by atoms with Gasteiger partial charge in [-0.15, -0.1) is 0 Å². The molecular formula is C18H15ClCu2S2Sn-2. The fraction of sp³-hybridized carbons (Fsp3) is 0. The van der Waals surface area contributed by atoms with Gasteiger partial charge in [0.1, 0.15) is 0 Å². The SMILES string of the molecule is [Cl][Cu].[Cu].[S-][S-].c1cc[c]([Sn]([c]2ccccc2)[c]2ccccc2)cc1. The first-order valence-corrected chi connectivity index (χ1v) is 13.7. The van der Waals surface area contributed by atoms with E-state index in [0.717, 1.165) is 0 Å². The molecule has 2 radical (unpaired) electrons. The van der Waals surface area contributed by atoms with Crippen LogP contribution in [-0.2, 0) is 55.5 Å². The molecule has 0 bridgehead atoms. The number of hydrogen-bond donors (Lipinski definition) is 0. The van der Waals surface area contributed by atoms with E-state index in [-0.39, 0.29) is 17.1 Å². The van der Waals surface area contributed by atoms with E-state index in [1.165, 1.54) is 10.7 Å². The third kappa shape index (κ3) is 7.80. The van der Waals surface area contributed by atoms with Gasteiger partial charge in [0.2, 0.25) is 0 Å². The number of halogens is 1. The second kappa shape index (κ2) is 15.7. The van der Waals surface area contributed by atoms with Crippen LogP contribution in [0, 0.1) is 0 Å². The summed E-state index contributed by atoms with van der Waals surface area (Å²) in [6.45, 7) is 0. The summed E-state index contributed by atoms with van der Waals surface area (Å²) in [6.07, 6.45) is 0. The van der Waals surface area contributed by atoms with E-state index in [9.17, 15) is 0 Å². The van der Waals surface area contributed by atoms with Crippen molar-refractivity contribution < 1.29 is 32.2 Å². The van der Waals surface area contributed by atoms with Crippen LogP contribution >= 0.6 is 10.1 Å². The van der Waals surface area contributed by atoms with E-state index >= 15 is 0 Å². The van der Waals surface area contributed by atoms with Crippen molar-refractivity contribution in [2.24, 2.45) is 0 Å². The van der Waals surface area contributed by atoms with Crippen molar-refractivity contribution in [3.63, 3.8) is 0 Å². The molecule has 3 aromatic rings. The Kier molecular flexibility index (Phi) is 16.0. The molecule has 0 saturated heterocycles. The average molecular weight is 577 g/mol. The quantitative estimate of drug-likeness (QED) is 0.267. The number of rotatable bonds is 3. The third-order valence-corrected chi connectivity index (χ3v) is 11.0. The molecule has 0 saturated carbocycles. The molecule has 134 valence electrons. The van der Waals surface area contributed by atoms with Gasteiger partial charge in [-0.1, -0.05) is 0 Å². The summed E-state index contributed by atoms with van der Waals surface area (Å²) in [7, 11) is 4.20. The molecule has 0 amide bonds. The van der Waals surface area contributed by atoms with Crippen LogP contribution in [0.5, 0.6) is 0 Å². The third-order valence-electron chi connectivity index (χ3n) is 3.19. The Balaban J connectivity index is 0.000000987. The van der Waals surface area contributed by atoms with Crippen molar-refractivity contribution >= 4 is 63.9 Å². The molecule has 0 aliphatic carbocycles. The summed E-state index contributed by atoms with van der Waals surface area (Å²) in [4.78, 5) is 0. The topological polar surface area (TPSA) is 0 Å². The van der Waals surface area contributed by atoms with Crippen LogP contribution in [-0.4, -0.2) is 19.8 Å². The van der Waals surface area contributed by atoms with E-state index in [4.69, 9.17) is 0 Å². The first-order valence-electron chi connectivity index (χ1n) is 6.76. The zero-order chi connectivity index (χ0) is 16.9. The molecular weight excluding hydrogens is 562 g/mol.